The molecule has 5 nitrogen and oxygen atoms in total. The molecular formula is C22H26N4O. The first kappa shape index (κ1) is 17.7. The zero-order valence-electron chi connectivity index (χ0n) is 16.0. The normalized spacial score (nSPS) is 19.9. The first-order valence-corrected chi connectivity index (χ1v) is 9.91. The number of aryl methyl sites for hydroxylation is 1. The van der Waals surface area contributed by atoms with Crippen LogP contribution in [0.15, 0.2) is 42.6 Å². The largest absolute Gasteiger partial charge is 0.349 e. The molecule has 0 radical (unpaired) electrons. The molecule has 0 unspecified atom stereocenters. The zero-order chi connectivity index (χ0) is 18.8. The molecule has 1 fully saturated rings. The molecule has 4 rings (SSSR count). The second-order valence-electron chi connectivity index (χ2n) is 7.45. The molecule has 1 aliphatic rings. The molecule has 2 heterocycles. The topological polar surface area (TPSA) is 59.8 Å². The number of amides is 1. The van der Waals surface area contributed by atoms with Crippen LogP contribution in [0.2, 0.25) is 0 Å². The molecule has 5 heteroatoms. The maximum atomic E-state index is 12.6. The third-order valence-electron chi connectivity index (χ3n) is 5.62. The summed E-state index contributed by atoms with van der Waals surface area (Å²) >= 11 is 0. The molecule has 27 heavy (non-hydrogen) atoms. The standard InChI is InChI=1S/C22H26N4O/c1-3-20-24-19-9-6-14-23-21(19)26(20)17-12-10-16(11-13-17)22(27)25-18-8-5-4-7-15(18)2/h6,9-15,18H,3-5,7-8H2,1-2H3,(H,25,27)/t15-,18+/m0/s1. The van der Waals surface area contributed by atoms with E-state index in [9.17, 15) is 4.79 Å². The van der Waals surface area contributed by atoms with Crippen molar-refractivity contribution in [2.24, 2.45) is 5.92 Å². The van der Waals surface area contributed by atoms with Gasteiger partial charge in [0.2, 0.25) is 0 Å². The minimum Gasteiger partial charge on any atom is -0.349 e. The van der Waals surface area contributed by atoms with Crippen molar-refractivity contribution >= 4 is 17.1 Å². The highest BCUT2D eigenvalue weighted by atomic mass is 16.1. The van der Waals surface area contributed by atoms with Crippen molar-refractivity contribution in [3.8, 4) is 5.69 Å². The number of benzene rings is 1. The van der Waals surface area contributed by atoms with E-state index in [2.05, 4.69) is 33.7 Å². The number of imidazole rings is 1. The van der Waals surface area contributed by atoms with Crippen molar-refractivity contribution in [2.75, 3.05) is 0 Å². The summed E-state index contributed by atoms with van der Waals surface area (Å²) in [7, 11) is 0. The lowest BCUT2D eigenvalue weighted by molar-refractivity contribution is 0.0910. The first-order chi connectivity index (χ1) is 13.2. The number of hydrogen-bond acceptors (Lipinski definition) is 3. The van der Waals surface area contributed by atoms with E-state index < -0.39 is 0 Å². The number of carbonyl (C=O) groups excluding carboxylic acids is 1. The fourth-order valence-electron chi connectivity index (χ4n) is 4.01. The van der Waals surface area contributed by atoms with Gasteiger partial charge in [0.1, 0.15) is 11.3 Å². The molecule has 0 spiro atoms. The van der Waals surface area contributed by atoms with E-state index in [1.54, 1.807) is 6.20 Å². The van der Waals surface area contributed by atoms with Crippen LogP contribution in [0.4, 0.5) is 0 Å². The van der Waals surface area contributed by atoms with Gasteiger partial charge in [-0.2, -0.15) is 0 Å². The lowest BCUT2D eigenvalue weighted by Gasteiger charge is -2.29. The van der Waals surface area contributed by atoms with Crippen LogP contribution in [0.25, 0.3) is 16.9 Å². The average Bonchev–Trinajstić information content (AvgIpc) is 3.08. The Hall–Kier alpha value is -2.69. The van der Waals surface area contributed by atoms with Crippen molar-refractivity contribution in [1.82, 2.24) is 19.9 Å². The van der Waals surface area contributed by atoms with Gasteiger partial charge in [0, 0.05) is 29.9 Å². The molecule has 1 aromatic carbocycles. The summed E-state index contributed by atoms with van der Waals surface area (Å²) in [4.78, 5) is 21.8. The Kier molecular flexibility index (Phi) is 4.92. The van der Waals surface area contributed by atoms with Crippen molar-refractivity contribution in [1.29, 1.82) is 0 Å². The van der Waals surface area contributed by atoms with Gasteiger partial charge in [0.25, 0.3) is 5.91 Å². The average molecular weight is 362 g/mol. The number of nitrogens with one attached hydrogen (secondary N) is 1. The van der Waals surface area contributed by atoms with Crippen LogP contribution in [-0.4, -0.2) is 26.5 Å². The van der Waals surface area contributed by atoms with Crippen LogP contribution in [0.1, 0.15) is 55.7 Å². The van der Waals surface area contributed by atoms with E-state index in [-0.39, 0.29) is 5.91 Å². The van der Waals surface area contributed by atoms with Gasteiger partial charge in [-0.15, -0.1) is 0 Å². The summed E-state index contributed by atoms with van der Waals surface area (Å²) in [5.41, 5.74) is 3.42. The van der Waals surface area contributed by atoms with Gasteiger partial charge in [-0.3, -0.25) is 9.36 Å². The van der Waals surface area contributed by atoms with E-state index in [0.717, 1.165) is 35.5 Å². The fraction of sp³-hybridized carbons (Fsp3) is 0.409. The van der Waals surface area contributed by atoms with Crippen LogP contribution in [-0.2, 0) is 6.42 Å². The van der Waals surface area contributed by atoms with Gasteiger partial charge in [-0.1, -0.05) is 26.7 Å². The van der Waals surface area contributed by atoms with Gasteiger partial charge in [-0.25, -0.2) is 9.97 Å². The Morgan fingerprint density at radius 3 is 2.70 bits per heavy atom. The Morgan fingerprint density at radius 2 is 1.96 bits per heavy atom. The van der Waals surface area contributed by atoms with Gasteiger partial charge in [-0.05, 0) is 55.2 Å². The molecule has 0 saturated heterocycles. The molecule has 2 aromatic heterocycles. The predicted octanol–water partition coefficient (Wildman–Crippen LogP) is 4.29. The molecule has 0 bridgehead atoms. The van der Waals surface area contributed by atoms with E-state index in [1.807, 2.05) is 36.4 Å². The van der Waals surface area contributed by atoms with E-state index in [4.69, 9.17) is 0 Å². The summed E-state index contributed by atoms with van der Waals surface area (Å²) in [5, 5.41) is 3.22. The van der Waals surface area contributed by atoms with Gasteiger partial charge >= 0.3 is 0 Å². The molecule has 1 aliphatic carbocycles. The van der Waals surface area contributed by atoms with Crippen LogP contribution < -0.4 is 5.32 Å². The van der Waals surface area contributed by atoms with Gasteiger partial charge in [0.05, 0.1) is 0 Å². The van der Waals surface area contributed by atoms with Crippen molar-refractivity contribution in [3.63, 3.8) is 0 Å². The molecule has 2 atom stereocenters. The van der Waals surface area contributed by atoms with Crippen LogP contribution in [0.3, 0.4) is 0 Å². The van der Waals surface area contributed by atoms with E-state index >= 15 is 0 Å². The number of nitrogens with zero attached hydrogens (tertiary/aromatic N) is 3. The molecule has 3 aromatic rings. The second kappa shape index (κ2) is 7.51. The molecular weight excluding hydrogens is 336 g/mol. The SMILES string of the molecule is CCc1nc2cccnc2n1-c1ccc(C(=O)N[C@@H]2CCCC[C@@H]2C)cc1. The number of aromatic nitrogens is 3. The minimum absolute atomic E-state index is 0.0182. The highest BCUT2D eigenvalue weighted by molar-refractivity contribution is 5.94. The van der Waals surface area contributed by atoms with E-state index in [0.29, 0.717) is 17.5 Å². The molecule has 140 valence electrons. The monoisotopic (exact) mass is 362 g/mol. The quantitative estimate of drug-likeness (QED) is 0.753. The Labute approximate surface area is 159 Å². The minimum atomic E-state index is 0.0182. The molecule has 0 aliphatic heterocycles. The summed E-state index contributed by atoms with van der Waals surface area (Å²) in [6.07, 6.45) is 7.36. The van der Waals surface area contributed by atoms with Gasteiger partial charge in [0.15, 0.2) is 5.65 Å². The highest BCUT2D eigenvalue weighted by Gasteiger charge is 2.23. The van der Waals surface area contributed by atoms with Crippen molar-refractivity contribution < 1.29 is 4.79 Å². The summed E-state index contributed by atoms with van der Waals surface area (Å²) in [6.45, 7) is 4.32. The number of pyridine rings is 1. The molecule has 1 amide bonds. The van der Waals surface area contributed by atoms with E-state index in [1.165, 1.54) is 19.3 Å². The van der Waals surface area contributed by atoms with Crippen LogP contribution >= 0.6 is 0 Å². The van der Waals surface area contributed by atoms with Crippen LogP contribution in [0.5, 0.6) is 0 Å². The Balaban J connectivity index is 1.58. The second-order valence-corrected chi connectivity index (χ2v) is 7.45. The number of fused-ring (bicyclic) bond motifs is 1. The smallest absolute Gasteiger partial charge is 0.251 e. The number of hydrogen-bond donors (Lipinski definition) is 1. The Bertz CT molecular complexity index is 945. The van der Waals surface area contributed by atoms with Crippen LogP contribution in [0, 0.1) is 5.92 Å². The Morgan fingerprint density at radius 1 is 1.19 bits per heavy atom. The maximum absolute atomic E-state index is 12.6. The zero-order valence-corrected chi connectivity index (χ0v) is 16.0. The fourth-order valence-corrected chi connectivity index (χ4v) is 4.01. The molecule has 1 N–H and O–H groups in total. The first-order valence-electron chi connectivity index (χ1n) is 9.91. The summed E-state index contributed by atoms with van der Waals surface area (Å²) in [5.74, 6) is 1.54. The number of carbonyl (C=O) groups is 1. The van der Waals surface area contributed by atoms with Gasteiger partial charge < -0.3 is 5.32 Å². The maximum Gasteiger partial charge on any atom is 0.251 e. The lowest BCUT2D eigenvalue weighted by atomic mass is 9.86. The number of rotatable bonds is 4. The summed E-state index contributed by atoms with van der Waals surface area (Å²) in [6, 6.07) is 11.9. The lowest BCUT2D eigenvalue weighted by Crippen LogP contribution is -2.41. The molecule has 1 saturated carbocycles. The highest BCUT2D eigenvalue weighted by Crippen LogP contribution is 2.24. The third-order valence-corrected chi connectivity index (χ3v) is 5.62. The summed E-state index contributed by atoms with van der Waals surface area (Å²) < 4.78 is 2.07. The van der Waals surface area contributed by atoms with Crippen molar-refractivity contribution in [2.45, 2.75) is 52.0 Å². The third kappa shape index (κ3) is 3.46. The van der Waals surface area contributed by atoms with Crippen molar-refractivity contribution in [3.05, 3.63) is 54.0 Å². The predicted molar refractivity (Wildman–Crippen MR) is 107 cm³/mol.